The van der Waals surface area contributed by atoms with Crippen molar-refractivity contribution >= 4 is 34.1 Å². The van der Waals surface area contributed by atoms with E-state index in [9.17, 15) is 9.59 Å². The van der Waals surface area contributed by atoms with E-state index >= 15 is 0 Å². The Hall–Kier alpha value is -2.48. The molecule has 8 heteroatoms. The normalized spacial score (nSPS) is 18.9. The standard InChI is InChI=1S/C20H24N4O3S/c1-20(2,3)12-6-7-13-15(9-12)28-19(22-13)23-16(25)10-24-17(26)11-27-14-5-4-8-21-18(14)24/h4-5,8,12H,6-7,9-11H2,1-3H3,(H,22,23,25). The molecule has 2 aromatic rings. The molecular weight excluding hydrogens is 376 g/mol. The number of aryl methyl sites for hydroxylation is 1. The van der Waals surface area contributed by atoms with Crippen LogP contribution in [0.2, 0.25) is 0 Å². The van der Waals surface area contributed by atoms with Crippen LogP contribution in [0.1, 0.15) is 37.8 Å². The van der Waals surface area contributed by atoms with Gasteiger partial charge in [0, 0.05) is 11.1 Å². The first-order valence-corrected chi connectivity index (χ1v) is 10.3. The average Bonchev–Trinajstić information content (AvgIpc) is 3.04. The molecule has 0 aromatic carbocycles. The highest BCUT2D eigenvalue weighted by atomic mass is 32.1. The minimum Gasteiger partial charge on any atom is -0.480 e. The van der Waals surface area contributed by atoms with Crippen molar-refractivity contribution in [1.29, 1.82) is 0 Å². The number of hydrogen-bond acceptors (Lipinski definition) is 6. The number of nitrogens with one attached hydrogen (secondary N) is 1. The third-order valence-electron chi connectivity index (χ3n) is 5.37. The second-order valence-corrected chi connectivity index (χ2v) is 9.42. The zero-order chi connectivity index (χ0) is 19.9. The number of aromatic nitrogens is 2. The number of anilines is 2. The monoisotopic (exact) mass is 400 g/mol. The van der Waals surface area contributed by atoms with Gasteiger partial charge in [-0.2, -0.15) is 0 Å². The van der Waals surface area contributed by atoms with Gasteiger partial charge in [0.05, 0.1) is 5.69 Å². The summed E-state index contributed by atoms with van der Waals surface area (Å²) in [5, 5.41) is 3.46. The maximum absolute atomic E-state index is 12.6. The van der Waals surface area contributed by atoms with Crippen molar-refractivity contribution in [1.82, 2.24) is 9.97 Å². The number of pyridine rings is 1. The molecule has 0 bridgehead atoms. The number of rotatable bonds is 3. The molecule has 28 heavy (non-hydrogen) atoms. The van der Waals surface area contributed by atoms with E-state index in [4.69, 9.17) is 4.74 Å². The maximum Gasteiger partial charge on any atom is 0.266 e. The van der Waals surface area contributed by atoms with Crippen LogP contribution in [0.4, 0.5) is 10.9 Å². The molecule has 3 heterocycles. The quantitative estimate of drug-likeness (QED) is 0.856. The molecule has 0 spiro atoms. The summed E-state index contributed by atoms with van der Waals surface area (Å²) in [7, 11) is 0. The van der Waals surface area contributed by atoms with E-state index in [1.165, 1.54) is 9.78 Å². The summed E-state index contributed by atoms with van der Waals surface area (Å²) >= 11 is 1.55. The summed E-state index contributed by atoms with van der Waals surface area (Å²) in [5.74, 6) is 0.934. The van der Waals surface area contributed by atoms with Crippen molar-refractivity contribution in [2.75, 3.05) is 23.4 Å². The second-order valence-electron chi connectivity index (χ2n) is 8.34. The van der Waals surface area contributed by atoms with Gasteiger partial charge in [0.1, 0.15) is 6.54 Å². The van der Waals surface area contributed by atoms with E-state index in [1.807, 2.05) is 0 Å². The van der Waals surface area contributed by atoms with Gasteiger partial charge in [0.25, 0.3) is 5.91 Å². The van der Waals surface area contributed by atoms with Crippen LogP contribution in [0.3, 0.4) is 0 Å². The Morgan fingerprint density at radius 2 is 2.25 bits per heavy atom. The topological polar surface area (TPSA) is 84.4 Å². The van der Waals surface area contributed by atoms with Crippen LogP contribution in [0.5, 0.6) is 5.75 Å². The van der Waals surface area contributed by atoms with Gasteiger partial charge in [-0.05, 0) is 42.7 Å². The molecule has 1 aliphatic carbocycles. The Morgan fingerprint density at radius 1 is 1.43 bits per heavy atom. The summed E-state index contributed by atoms with van der Waals surface area (Å²) in [5.41, 5.74) is 1.36. The highest BCUT2D eigenvalue weighted by molar-refractivity contribution is 7.15. The van der Waals surface area contributed by atoms with Crippen LogP contribution >= 0.6 is 11.3 Å². The molecule has 4 rings (SSSR count). The largest absolute Gasteiger partial charge is 0.480 e. The number of carbonyl (C=O) groups excluding carboxylic acids is 2. The molecule has 0 radical (unpaired) electrons. The Bertz CT molecular complexity index is 918. The average molecular weight is 401 g/mol. The van der Waals surface area contributed by atoms with Gasteiger partial charge in [-0.3, -0.25) is 14.5 Å². The van der Waals surface area contributed by atoms with Crippen molar-refractivity contribution in [3.8, 4) is 5.75 Å². The van der Waals surface area contributed by atoms with Crippen molar-refractivity contribution in [3.05, 3.63) is 28.9 Å². The van der Waals surface area contributed by atoms with Gasteiger partial charge in [0.15, 0.2) is 23.3 Å². The summed E-state index contributed by atoms with van der Waals surface area (Å²) < 4.78 is 5.36. The van der Waals surface area contributed by atoms with Crippen molar-refractivity contribution in [2.24, 2.45) is 11.3 Å². The van der Waals surface area contributed by atoms with E-state index in [0.29, 0.717) is 22.6 Å². The molecular formula is C20H24N4O3S. The number of carbonyl (C=O) groups is 2. The highest BCUT2D eigenvalue weighted by Crippen LogP contribution is 2.40. The van der Waals surface area contributed by atoms with E-state index < -0.39 is 0 Å². The van der Waals surface area contributed by atoms with Gasteiger partial charge in [-0.25, -0.2) is 9.97 Å². The Morgan fingerprint density at radius 3 is 3.04 bits per heavy atom. The van der Waals surface area contributed by atoms with Gasteiger partial charge < -0.3 is 10.1 Å². The predicted molar refractivity (Wildman–Crippen MR) is 108 cm³/mol. The van der Waals surface area contributed by atoms with Gasteiger partial charge in [-0.15, -0.1) is 11.3 Å². The number of fused-ring (bicyclic) bond motifs is 2. The van der Waals surface area contributed by atoms with Gasteiger partial charge >= 0.3 is 0 Å². The van der Waals surface area contributed by atoms with Crippen LogP contribution in [0.25, 0.3) is 0 Å². The summed E-state index contributed by atoms with van der Waals surface area (Å²) in [4.78, 5) is 36.2. The van der Waals surface area contributed by atoms with E-state index in [0.717, 1.165) is 25.0 Å². The molecule has 2 amide bonds. The first kappa shape index (κ1) is 18.9. The Balaban J connectivity index is 1.44. The number of thiazole rings is 1. The van der Waals surface area contributed by atoms with E-state index in [-0.39, 0.29) is 30.4 Å². The second kappa shape index (κ2) is 7.16. The predicted octanol–water partition coefficient (Wildman–Crippen LogP) is 3.05. The molecule has 0 fully saturated rings. The molecule has 1 aliphatic heterocycles. The third-order valence-corrected chi connectivity index (χ3v) is 6.41. The lowest BCUT2D eigenvalue weighted by molar-refractivity contribution is -0.123. The zero-order valence-corrected chi connectivity index (χ0v) is 17.1. The number of ether oxygens (including phenoxy) is 1. The number of nitrogens with zero attached hydrogens (tertiary/aromatic N) is 3. The first-order valence-electron chi connectivity index (χ1n) is 9.48. The molecule has 1 N–H and O–H groups in total. The van der Waals surface area contributed by atoms with Gasteiger partial charge in [0.2, 0.25) is 5.91 Å². The van der Waals surface area contributed by atoms with Crippen LogP contribution in [0.15, 0.2) is 18.3 Å². The van der Waals surface area contributed by atoms with Crippen LogP contribution in [-0.4, -0.2) is 34.9 Å². The molecule has 7 nitrogen and oxygen atoms in total. The molecule has 2 aliphatic rings. The van der Waals surface area contributed by atoms with E-state index in [2.05, 4.69) is 36.1 Å². The van der Waals surface area contributed by atoms with Gasteiger partial charge in [-0.1, -0.05) is 20.8 Å². The third kappa shape index (κ3) is 3.73. The Kier molecular flexibility index (Phi) is 4.82. The molecule has 148 valence electrons. The lowest BCUT2D eigenvalue weighted by atomic mass is 9.73. The number of hydrogen-bond donors (Lipinski definition) is 1. The summed E-state index contributed by atoms with van der Waals surface area (Å²) in [6.07, 6.45) is 4.65. The molecule has 0 saturated carbocycles. The smallest absolute Gasteiger partial charge is 0.266 e. The zero-order valence-electron chi connectivity index (χ0n) is 16.3. The molecule has 0 saturated heterocycles. The van der Waals surface area contributed by atoms with Crippen LogP contribution in [0, 0.1) is 11.3 Å². The summed E-state index contributed by atoms with van der Waals surface area (Å²) in [6, 6.07) is 3.47. The number of amides is 2. The molecule has 2 aromatic heterocycles. The maximum atomic E-state index is 12.6. The van der Waals surface area contributed by atoms with Crippen molar-refractivity contribution in [3.63, 3.8) is 0 Å². The van der Waals surface area contributed by atoms with Crippen LogP contribution < -0.4 is 15.0 Å². The Labute approximate surface area is 168 Å². The SMILES string of the molecule is CC(C)(C)C1CCc2nc(NC(=O)CN3C(=O)COc4cccnc43)sc2C1. The highest BCUT2D eigenvalue weighted by Gasteiger charge is 2.32. The fourth-order valence-corrected chi connectivity index (χ4v) is 4.77. The lowest BCUT2D eigenvalue weighted by Crippen LogP contribution is -2.43. The fourth-order valence-electron chi connectivity index (χ4n) is 3.67. The van der Waals surface area contributed by atoms with Crippen molar-refractivity contribution in [2.45, 2.75) is 40.0 Å². The van der Waals surface area contributed by atoms with Crippen LogP contribution in [-0.2, 0) is 22.4 Å². The molecule has 1 atom stereocenters. The summed E-state index contributed by atoms with van der Waals surface area (Å²) in [6.45, 7) is 6.62. The van der Waals surface area contributed by atoms with E-state index in [1.54, 1.807) is 29.7 Å². The first-order chi connectivity index (χ1) is 13.3. The minimum absolute atomic E-state index is 0.0916. The molecule has 1 unspecified atom stereocenters. The lowest BCUT2D eigenvalue weighted by Gasteiger charge is -2.33. The van der Waals surface area contributed by atoms with Crippen molar-refractivity contribution < 1.29 is 14.3 Å². The minimum atomic E-state index is -0.287. The fraction of sp³-hybridized carbons (Fsp3) is 0.500.